The van der Waals surface area contributed by atoms with Crippen molar-refractivity contribution in [3.63, 3.8) is 0 Å². The van der Waals surface area contributed by atoms with Gasteiger partial charge in [0.15, 0.2) is 0 Å². The third kappa shape index (κ3) is 3.63. The Bertz CT molecular complexity index is 499. The second-order valence-corrected chi connectivity index (χ2v) is 4.12. The molecule has 0 aliphatic heterocycles. The lowest BCUT2D eigenvalue weighted by Gasteiger charge is -2.04. The third-order valence-electron chi connectivity index (χ3n) is 2.02. The van der Waals surface area contributed by atoms with Gasteiger partial charge >= 0.3 is 0 Å². The van der Waals surface area contributed by atoms with Gasteiger partial charge in [-0.1, -0.05) is 11.3 Å². The fourth-order valence-corrected chi connectivity index (χ4v) is 1.59. The number of anilines is 1. The van der Waals surface area contributed by atoms with Gasteiger partial charge in [-0.15, -0.1) is 5.10 Å². The maximum absolute atomic E-state index is 11.6. The van der Waals surface area contributed by atoms with Gasteiger partial charge in [-0.25, -0.2) is 4.98 Å². The quantitative estimate of drug-likeness (QED) is 0.867. The highest BCUT2D eigenvalue weighted by molar-refractivity contribution is 9.10. The number of rotatable bonds is 4. The maximum atomic E-state index is 11.6. The number of aromatic nitrogens is 4. The number of amides is 1. The van der Waals surface area contributed by atoms with Gasteiger partial charge < -0.3 is 5.32 Å². The molecule has 0 bridgehead atoms. The van der Waals surface area contributed by atoms with E-state index in [1.54, 1.807) is 29.2 Å². The molecule has 0 aliphatic rings. The predicted octanol–water partition coefficient (Wildman–Crippen LogP) is 1.46. The molecule has 0 aromatic carbocycles. The molecule has 7 heteroatoms. The highest BCUT2D eigenvalue weighted by Crippen LogP contribution is 2.10. The van der Waals surface area contributed by atoms with Crippen LogP contribution in [0.5, 0.6) is 0 Å². The van der Waals surface area contributed by atoms with Crippen molar-refractivity contribution in [1.82, 2.24) is 20.0 Å². The summed E-state index contributed by atoms with van der Waals surface area (Å²) < 4.78 is 2.29. The van der Waals surface area contributed by atoms with Crippen molar-refractivity contribution in [3.8, 4) is 0 Å². The number of aryl methyl sites for hydroxylation is 1. The minimum atomic E-state index is -0.105. The van der Waals surface area contributed by atoms with E-state index in [1.165, 1.54) is 0 Å². The number of nitrogens with one attached hydrogen (secondary N) is 1. The van der Waals surface area contributed by atoms with Crippen LogP contribution < -0.4 is 5.32 Å². The van der Waals surface area contributed by atoms with Crippen LogP contribution in [0.4, 0.5) is 5.82 Å². The summed E-state index contributed by atoms with van der Waals surface area (Å²) in [5.74, 6) is 0.425. The van der Waals surface area contributed by atoms with Gasteiger partial charge in [-0.05, 0) is 28.1 Å². The SMILES string of the molecule is O=C(CCn1ccnn1)Nc1cccc(Br)n1. The van der Waals surface area contributed by atoms with Gasteiger partial charge in [0.2, 0.25) is 5.91 Å². The Morgan fingerprint density at radius 2 is 2.35 bits per heavy atom. The standard InChI is InChI=1S/C10H10BrN5O/c11-8-2-1-3-9(13-8)14-10(17)4-6-16-7-5-12-15-16/h1-3,5,7H,4,6H2,(H,13,14,17). The molecule has 0 aliphatic carbocycles. The molecule has 6 nitrogen and oxygen atoms in total. The van der Waals surface area contributed by atoms with E-state index in [4.69, 9.17) is 0 Å². The zero-order valence-electron chi connectivity index (χ0n) is 8.88. The fourth-order valence-electron chi connectivity index (χ4n) is 1.25. The van der Waals surface area contributed by atoms with E-state index in [-0.39, 0.29) is 5.91 Å². The summed E-state index contributed by atoms with van der Waals surface area (Å²) in [6, 6.07) is 5.34. The van der Waals surface area contributed by atoms with E-state index < -0.39 is 0 Å². The Labute approximate surface area is 106 Å². The molecule has 0 saturated heterocycles. The minimum Gasteiger partial charge on any atom is -0.311 e. The first kappa shape index (κ1) is 11.7. The van der Waals surface area contributed by atoms with Crippen LogP contribution in [0.15, 0.2) is 35.2 Å². The van der Waals surface area contributed by atoms with Crippen molar-refractivity contribution in [1.29, 1.82) is 0 Å². The van der Waals surface area contributed by atoms with Crippen molar-refractivity contribution >= 4 is 27.7 Å². The van der Waals surface area contributed by atoms with Crippen LogP contribution in [0, 0.1) is 0 Å². The molecule has 0 saturated carbocycles. The summed E-state index contributed by atoms with van der Waals surface area (Å²) >= 11 is 3.24. The summed E-state index contributed by atoms with van der Waals surface area (Å²) in [4.78, 5) is 15.7. The first-order valence-corrected chi connectivity index (χ1v) is 5.80. The molecule has 0 atom stereocenters. The lowest BCUT2D eigenvalue weighted by atomic mass is 10.4. The van der Waals surface area contributed by atoms with Crippen molar-refractivity contribution in [2.24, 2.45) is 0 Å². The molecule has 88 valence electrons. The highest BCUT2D eigenvalue weighted by atomic mass is 79.9. The number of hydrogen-bond acceptors (Lipinski definition) is 4. The Hall–Kier alpha value is -1.76. The number of pyridine rings is 1. The topological polar surface area (TPSA) is 72.7 Å². The number of carbonyl (C=O) groups excluding carboxylic acids is 1. The van der Waals surface area contributed by atoms with Crippen LogP contribution in [0.25, 0.3) is 0 Å². The molecule has 0 fully saturated rings. The van der Waals surface area contributed by atoms with E-state index in [1.807, 2.05) is 6.07 Å². The first-order valence-electron chi connectivity index (χ1n) is 5.00. The Morgan fingerprint density at radius 3 is 3.06 bits per heavy atom. The van der Waals surface area contributed by atoms with Crippen LogP contribution in [0.2, 0.25) is 0 Å². The average Bonchev–Trinajstić information content (AvgIpc) is 2.79. The molecule has 1 amide bonds. The summed E-state index contributed by atoms with van der Waals surface area (Å²) in [6.45, 7) is 0.500. The van der Waals surface area contributed by atoms with Crippen molar-refractivity contribution < 1.29 is 4.79 Å². The lowest BCUT2D eigenvalue weighted by molar-refractivity contribution is -0.116. The van der Waals surface area contributed by atoms with Crippen LogP contribution >= 0.6 is 15.9 Å². The summed E-state index contributed by atoms with van der Waals surface area (Å²) in [5, 5.41) is 10.1. The molecule has 0 radical (unpaired) electrons. The zero-order chi connectivity index (χ0) is 12.1. The van der Waals surface area contributed by atoms with Gasteiger partial charge in [0.1, 0.15) is 10.4 Å². The van der Waals surface area contributed by atoms with Crippen LogP contribution in [-0.2, 0) is 11.3 Å². The van der Waals surface area contributed by atoms with E-state index in [0.29, 0.717) is 23.4 Å². The van der Waals surface area contributed by atoms with Gasteiger partial charge in [0.25, 0.3) is 0 Å². The Balaban J connectivity index is 1.85. The molecular formula is C10H10BrN5O. The van der Waals surface area contributed by atoms with E-state index >= 15 is 0 Å². The molecule has 2 heterocycles. The minimum absolute atomic E-state index is 0.105. The fraction of sp³-hybridized carbons (Fsp3) is 0.200. The largest absolute Gasteiger partial charge is 0.311 e. The number of carbonyl (C=O) groups is 1. The lowest BCUT2D eigenvalue weighted by Crippen LogP contribution is -2.15. The van der Waals surface area contributed by atoms with Crippen LogP contribution in [0.1, 0.15) is 6.42 Å². The van der Waals surface area contributed by atoms with Gasteiger partial charge in [-0.2, -0.15) is 0 Å². The van der Waals surface area contributed by atoms with Crippen LogP contribution in [-0.4, -0.2) is 25.9 Å². The van der Waals surface area contributed by atoms with Gasteiger partial charge in [0, 0.05) is 12.6 Å². The second-order valence-electron chi connectivity index (χ2n) is 3.31. The molecule has 2 aromatic heterocycles. The van der Waals surface area contributed by atoms with Crippen molar-refractivity contribution in [2.45, 2.75) is 13.0 Å². The summed E-state index contributed by atoms with van der Waals surface area (Å²) in [7, 11) is 0. The Kier molecular flexibility index (Phi) is 3.81. The smallest absolute Gasteiger partial charge is 0.227 e. The molecule has 0 unspecified atom stereocenters. The molecule has 0 spiro atoms. The van der Waals surface area contributed by atoms with Crippen molar-refractivity contribution in [2.75, 3.05) is 5.32 Å². The normalized spacial score (nSPS) is 10.2. The van der Waals surface area contributed by atoms with E-state index in [0.717, 1.165) is 0 Å². The summed E-state index contributed by atoms with van der Waals surface area (Å²) in [6.07, 6.45) is 3.62. The first-order chi connectivity index (χ1) is 8.24. The predicted molar refractivity (Wildman–Crippen MR) is 65.2 cm³/mol. The molecular weight excluding hydrogens is 286 g/mol. The second kappa shape index (κ2) is 5.53. The number of hydrogen-bond donors (Lipinski definition) is 1. The summed E-state index contributed by atoms with van der Waals surface area (Å²) in [5.41, 5.74) is 0. The highest BCUT2D eigenvalue weighted by Gasteiger charge is 2.04. The molecule has 1 N–H and O–H groups in total. The monoisotopic (exact) mass is 295 g/mol. The molecule has 17 heavy (non-hydrogen) atoms. The van der Waals surface area contributed by atoms with E-state index in [9.17, 15) is 4.79 Å². The zero-order valence-corrected chi connectivity index (χ0v) is 10.5. The number of halogens is 1. The number of nitrogens with zero attached hydrogens (tertiary/aromatic N) is 4. The molecule has 2 rings (SSSR count). The van der Waals surface area contributed by atoms with Crippen molar-refractivity contribution in [3.05, 3.63) is 35.2 Å². The third-order valence-corrected chi connectivity index (χ3v) is 2.46. The van der Waals surface area contributed by atoms with Gasteiger partial charge in [0.05, 0.1) is 12.7 Å². The average molecular weight is 296 g/mol. The van der Waals surface area contributed by atoms with Crippen LogP contribution in [0.3, 0.4) is 0 Å². The molecule has 2 aromatic rings. The maximum Gasteiger partial charge on any atom is 0.227 e. The van der Waals surface area contributed by atoms with Gasteiger partial charge in [-0.3, -0.25) is 9.48 Å². The Morgan fingerprint density at radius 1 is 1.47 bits per heavy atom. The van der Waals surface area contributed by atoms with E-state index in [2.05, 4.69) is 36.5 Å².